The number of ether oxygens (including phenoxy) is 1. The summed E-state index contributed by atoms with van der Waals surface area (Å²) in [5, 5.41) is 22.5. The van der Waals surface area contributed by atoms with Gasteiger partial charge in [-0.1, -0.05) is 36.4 Å². The number of carbonyl (C=O) groups excluding carboxylic acids is 1. The zero-order chi connectivity index (χ0) is 18.2. The van der Waals surface area contributed by atoms with E-state index in [1.54, 1.807) is 0 Å². The molecule has 134 valence electrons. The number of alkyl carbamates (subject to hydrolysis) is 1. The smallest absolute Gasteiger partial charge is 0.407 e. The van der Waals surface area contributed by atoms with E-state index in [0.717, 1.165) is 11.6 Å². The van der Waals surface area contributed by atoms with Crippen LogP contribution < -0.4 is 11.1 Å². The highest BCUT2D eigenvalue weighted by molar-refractivity contribution is 5.67. The van der Waals surface area contributed by atoms with Crippen molar-refractivity contribution in [3.8, 4) is 0 Å². The number of nitrogen functional groups attached to an aromatic ring is 1. The number of anilines is 1. The van der Waals surface area contributed by atoms with E-state index in [1.165, 1.54) is 12.1 Å². The van der Waals surface area contributed by atoms with E-state index < -0.39 is 24.1 Å². The lowest BCUT2D eigenvalue weighted by molar-refractivity contribution is 0.0121. The lowest BCUT2D eigenvalue weighted by atomic mass is 10.00. The Bertz CT molecular complexity index is 676. The molecule has 0 saturated heterocycles. The van der Waals surface area contributed by atoms with E-state index in [4.69, 9.17) is 10.5 Å². The van der Waals surface area contributed by atoms with Crippen molar-refractivity contribution in [1.82, 2.24) is 5.32 Å². The molecular formula is C18H21FN2O4. The van der Waals surface area contributed by atoms with Gasteiger partial charge in [0.25, 0.3) is 0 Å². The van der Waals surface area contributed by atoms with Crippen LogP contribution in [0, 0.1) is 5.82 Å². The van der Waals surface area contributed by atoms with Crippen molar-refractivity contribution in [2.45, 2.75) is 25.2 Å². The summed E-state index contributed by atoms with van der Waals surface area (Å²) in [4.78, 5) is 11.6. The van der Waals surface area contributed by atoms with Gasteiger partial charge in [-0.05, 0) is 24.1 Å². The summed E-state index contributed by atoms with van der Waals surface area (Å²) in [6.07, 6.45) is -3.40. The number of aliphatic hydroxyl groups is 2. The third kappa shape index (κ3) is 5.44. The van der Waals surface area contributed by atoms with Crippen LogP contribution in [0.3, 0.4) is 0 Å². The van der Waals surface area contributed by atoms with Gasteiger partial charge in [0.05, 0.1) is 6.10 Å². The quantitative estimate of drug-likeness (QED) is 0.574. The second-order valence-electron chi connectivity index (χ2n) is 5.53. The summed E-state index contributed by atoms with van der Waals surface area (Å²) in [5.74, 6) is -0.693. The zero-order valence-corrected chi connectivity index (χ0v) is 13.6. The van der Waals surface area contributed by atoms with Crippen LogP contribution in [0.25, 0.3) is 0 Å². The Morgan fingerprint density at radius 3 is 2.56 bits per heavy atom. The fourth-order valence-electron chi connectivity index (χ4n) is 2.31. The monoisotopic (exact) mass is 348 g/mol. The fourth-order valence-corrected chi connectivity index (χ4v) is 2.31. The summed E-state index contributed by atoms with van der Waals surface area (Å²) >= 11 is 0. The van der Waals surface area contributed by atoms with Gasteiger partial charge >= 0.3 is 6.09 Å². The van der Waals surface area contributed by atoms with Crippen LogP contribution in [0.5, 0.6) is 0 Å². The van der Waals surface area contributed by atoms with Crippen LogP contribution in [0.1, 0.15) is 23.7 Å². The number of nitrogens with one attached hydrogen (secondary N) is 1. The number of carbonyl (C=O) groups is 1. The predicted molar refractivity (Wildman–Crippen MR) is 91.0 cm³/mol. The topological polar surface area (TPSA) is 105 Å². The number of hydrogen-bond acceptors (Lipinski definition) is 5. The molecule has 2 aromatic rings. The molecule has 0 heterocycles. The Kier molecular flexibility index (Phi) is 6.73. The second-order valence-corrected chi connectivity index (χ2v) is 5.53. The Balaban J connectivity index is 1.76. The standard InChI is InChI=1S/C18H21FN2O4/c19-13-7-4-8-14(20)16(13)17(23)15(22)9-10-21-18(24)25-11-12-5-2-1-3-6-12/h1-8,15,17,22-23H,9-11,20H2,(H,21,24). The van der Waals surface area contributed by atoms with Crippen molar-refractivity contribution in [3.05, 3.63) is 65.5 Å². The van der Waals surface area contributed by atoms with Gasteiger partial charge in [0.15, 0.2) is 0 Å². The molecule has 5 N–H and O–H groups in total. The first-order chi connectivity index (χ1) is 12.0. The number of rotatable bonds is 7. The SMILES string of the molecule is Nc1cccc(F)c1C(O)C(O)CCNC(=O)OCc1ccccc1. The maximum absolute atomic E-state index is 13.7. The fraction of sp³-hybridized carbons (Fsp3) is 0.278. The molecule has 2 atom stereocenters. The Morgan fingerprint density at radius 1 is 1.16 bits per heavy atom. The summed E-state index contributed by atoms with van der Waals surface area (Å²) in [7, 11) is 0. The number of amides is 1. The maximum Gasteiger partial charge on any atom is 0.407 e. The molecule has 0 saturated carbocycles. The molecule has 0 aromatic heterocycles. The van der Waals surface area contributed by atoms with Crippen LogP contribution in [0.2, 0.25) is 0 Å². The van der Waals surface area contributed by atoms with Crippen molar-refractivity contribution in [2.75, 3.05) is 12.3 Å². The molecule has 2 rings (SSSR count). The van der Waals surface area contributed by atoms with Crippen molar-refractivity contribution >= 4 is 11.8 Å². The highest BCUT2D eigenvalue weighted by atomic mass is 19.1. The molecule has 7 heteroatoms. The number of benzene rings is 2. The number of nitrogens with two attached hydrogens (primary N) is 1. The van der Waals surface area contributed by atoms with Crippen molar-refractivity contribution in [1.29, 1.82) is 0 Å². The van der Waals surface area contributed by atoms with E-state index in [-0.39, 0.29) is 30.8 Å². The molecule has 0 fully saturated rings. The van der Waals surface area contributed by atoms with E-state index >= 15 is 0 Å². The Morgan fingerprint density at radius 2 is 1.88 bits per heavy atom. The number of hydrogen-bond donors (Lipinski definition) is 4. The molecule has 0 aliphatic carbocycles. The van der Waals surface area contributed by atoms with E-state index in [2.05, 4.69) is 5.32 Å². The minimum absolute atomic E-state index is 0.00930. The second kappa shape index (κ2) is 9.00. The van der Waals surface area contributed by atoms with E-state index in [9.17, 15) is 19.4 Å². The van der Waals surface area contributed by atoms with Gasteiger partial charge in [0, 0.05) is 17.8 Å². The van der Waals surface area contributed by atoms with Gasteiger partial charge in [-0.15, -0.1) is 0 Å². The highest BCUT2D eigenvalue weighted by Gasteiger charge is 2.23. The first-order valence-electron chi connectivity index (χ1n) is 7.83. The summed E-state index contributed by atoms with van der Waals surface area (Å²) in [6.45, 7) is 0.184. The first kappa shape index (κ1) is 18.7. The van der Waals surface area contributed by atoms with Gasteiger partial charge in [-0.3, -0.25) is 0 Å². The van der Waals surface area contributed by atoms with Crippen LogP contribution >= 0.6 is 0 Å². The van der Waals surface area contributed by atoms with Crippen LogP contribution in [0.15, 0.2) is 48.5 Å². The summed E-state index contributed by atoms with van der Waals surface area (Å²) in [6, 6.07) is 13.2. The molecule has 1 amide bonds. The predicted octanol–water partition coefficient (Wildman–Crippen LogP) is 2.12. The number of halogens is 1. The highest BCUT2D eigenvalue weighted by Crippen LogP contribution is 2.27. The summed E-state index contributed by atoms with van der Waals surface area (Å²) in [5.41, 5.74) is 6.39. The molecule has 0 spiro atoms. The third-order valence-electron chi connectivity index (χ3n) is 3.67. The van der Waals surface area contributed by atoms with Gasteiger partial charge in [0.2, 0.25) is 0 Å². The van der Waals surface area contributed by atoms with Crippen LogP contribution in [-0.2, 0) is 11.3 Å². The number of aliphatic hydroxyl groups excluding tert-OH is 2. The maximum atomic E-state index is 13.7. The molecular weight excluding hydrogens is 327 g/mol. The van der Waals surface area contributed by atoms with Crippen LogP contribution in [-0.4, -0.2) is 29.0 Å². The molecule has 25 heavy (non-hydrogen) atoms. The van der Waals surface area contributed by atoms with Crippen LogP contribution in [0.4, 0.5) is 14.9 Å². The van der Waals surface area contributed by atoms with Crippen molar-refractivity contribution in [3.63, 3.8) is 0 Å². The van der Waals surface area contributed by atoms with Crippen molar-refractivity contribution in [2.24, 2.45) is 0 Å². The van der Waals surface area contributed by atoms with Gasteiger partial charge in [0.1, 0.15) is 18.5 Å². The van der Waals surface area contributed by atoms with E-state index in [1.807, 2.05) is 30.3 Å². The van der Waals surface area contributed by atoms with Gasteiger partial charge in [-0.2, -0.15) is 0 Å². The molecule has 2 unspecified atom stereocenters. The average molecular weight is 348 g/mol. The molecule has 2 aromatic carbocycles. The van der Waals surface area contributed by atoms with E-state index in [0.29, 0.717) is 0 Å². The molecule has 0 radical (unpaired) electrons. The molecule has 0 aliphatic rings. The summed E-state index contributed by atoms with van der Waals surface area (Å²) < 4.78 is 18.8. The first-order valence-corrected chi connectivity index (χ1v) is 7.83. The average Bonchev–Trinajstić information content (AvgIpc) is 2.60. The Hall–Kier alpha value is -2.64. The minimum atomic E-state index is -1.48. The molecule has 0 bridgehead atoms. The largest absolute Gasteiger partial charge is 0.445 e. The molecule has 6 nitrogen and oxygen atoms in total. The van der Waals surface area contributed by atoms with Crippen molar-refractivity contribution < 1.29 is 24.1 Å². The minimum Gasteiger partial charge on any atom is -0.445 e. The van der Waals surface area contributed by atoms with Gasteiger partial charge < -0.3 is 26.0 Å². The normalized spacial score (nSPS) is 13.1. The zero-order valence-electron chi connectivity index (χ0n) is 13.6. The lowest BCUT2D eigenvalue weighted by Crippen LogP contribution is -2.30. The van der Waals surface area contributed by atoms with Gasteiger partial charge in [-0.25, -0.2) is 9.18 Å². The third-order valence-corrected chi connectivity index (χ3v) is 3.67. The lowest BCUT2D eigenvalue weighted by Gasteiger charge is -2.20. The Labute approximate surface area is 145 Å². The molecule has 0 aliphatic heterocycles.